The molecular weight excluding hydrogens is 364 g/mol. The lowest BCUT2D eigenvalue weighted by Gasteiger charge is -2.46. The van der Waals surface area contributed by atoms with E-state index in [1.54, 1.807) is 0 Å². The van der Waals surface area contributed by atoms with E-state index in [2.05, 4.69) is 34.1 Å². The van der Waals surface area contributed by atoms with Gasteiger partial charge in [0.15, 0.2) is 0 Å². The van der Waals surface area contributed by atoms with Crippen LogP contribution in [0.4, 0.5) is 0 Å². The zero-order valence-electron chi connectivity index (χ0n) is 17.1. The van der Waals surface area contributed by atoms with Gasteiger partial charge in [-0.25, -0.2) is 4.79 Å². The first-order valence-corrected chi connectivity index (χ1v) is 10.4. The average Bonchev–Trinajstić information content (AvgIpc) is 2.77. The predicted octanol–water partition coefficient (Wildman–Crippen LogP) is 3.24. The third-order valence-electron chi connectivity index (χ3n) is 5.65. The number of piperazine rings is 1. The molecule has 5 nitrogen and oxygen atoms in total. The molecule has 0 bridgehead atoms. The quantitative estimate of drug-likeness (QED) is 0.483. The summed E-state index contributed by atoms with van der Waals surface area (Å²) in [4.78, 5) is 29.1. The normalized spacial score (nSPS) is 17.4. The summed E-state index contributed by atoms with van der Waals surface area (Å²) in [5, 5.41) is 0. The number of ether oxygens (including phenoxy) is 1. The number of rotatable bonds is 9. The molecular formula is C24H30N2O3. The topological polar surface area (TPSA) is 49.9 Å². The second kappa shape index (κ2) is 10.3. The van der Waals surface area contributed by atoms with Crippen molar-refractivity contribution in [1.82, 2.24) is 9.80 Å². The van der Waals surface area contributed by atoms with Crippen LogP contribution >= 0.6 is 0 Å². The molecule has 0 aromatic heterocycles. The zero-order valence-corrected chi connectivity index (χ0v) is 17.1. The number of benzene rings is 2. The second-order valence-corrected chi connectivity index (χ2v) is 7.40. The maximum Gasteiger partial charge on any atom is 0.331 e. The van der Waals surface area contributed by atoms with Crippen LogP contribution in [0.25, 0.3) is 0 Å². The minimum atomic E-state index is -0.920. The number of aldehydes is 1. The van der Waals surface area contributed by atoms with Gasteiger partial charge in [0, 0.05) is 39.1 Å². The van der Waals surface area contributed by atoms with Gasteiger partial charge in [-0.05, 0) is 24.5 Å². The minimum absolute atomic E-state index is 0.260. The maximum atomic E-state index is 13.2. The van der Waals surface area contributed by atoms with Gasteiger partial charge in [-0.2, -0.15) is 0 Å². The van der Waals surface area contributed by atoms with Gasteiger partial charge in [-0.15, -0.1) is 0 Å². The Balaban J connectivity index is 1.82. The Hall–Kier alpha value is -2.50. The molecule has 1 aliphatic rings. The van der Waals surface area contributed by atoms with Crippen molar-refractivity contribution in [2.45, 2.75) is 31.8 Å². The highest BCUT2D eigenvalue weighted by atomic mass is 16.5. The first kappa shape index (κ1) is 21.2. The van der Waals surface area contributed by atoms with Crippen LogP contribution in [0, 0.1) is 0 Å². The summed E-state index contributed by atoms with van der Waals surface area (Å²) in [6, 6.07) is 20.2. The zero-order chi connectivity index (χ0) is 20.5. The van der Waals surface area contributed by atoms with E-state index in [1.807, 2.05) is 43.3 Å². The molecule has 1 unspecified atom stereocenters. The number of carbonyl (C=O) groups is 2. The smallest absolute Gasteiger partial charge is 0.331 e. The van der Waals surface area contributed by atoms with Gasteiger partial charge >= 0.3 is 5.97 Å². The molecule has 2 aromatic rings. The predicted molar refractivity (Wildman–Crippen MR) is 113 cm³/mol. The van der Waals surface area contributed by atoms with Crippen molar-refractivity contribution >= 4 is 12.3 Å². The van der Waals surface area contributed by atoms with Crippen molar-refractivity contribution in [2.24, 2.45) is 0 Å². The van der Waals surface area contributed by atoms with Crippen molar-refractivity contribution in [2.75, 3.05) is 32.8 Å². The van der Waals surface area contributed by atoms with Crippen LogP contribution < -0.4 is 0 Å². The van der Waals surface area contributed by atoms with Crippen molar-refractivity contribution in [3.8, 4) is 0 Å². The van der Waals surface area contributed by atoms with Crippen LogP contribution in [-0.2, 0) is 26.4 Å². The van der Waals surface area contributed by atoms with Crippen LogP contribution in [0.5, 0.6) is 0 Å². The van der Waals surface area contributed by atoms with Gasteiger partial charge < -0.3 is 9.53 Å². The van der Waals surface area contributed by atoms with Gasteiger partial charge in [0.25, 0.3) is 0 Å². The Morgan fingerprint density at radius 3 is 2.21 bits per heavy atom. The highest BCUT2D eigenvalue weighted by molar-refractivity contribution is 5.83. The Bertz CT molecular complexity index is 773. The van der Waals surface area contributed by atoms with Crippen LogP contribution in [0.15, 0.2) is 60.7 Å². The first-order chi connectivity index (χ1) is 14.2. The summed E-state index contributed by atoms with van der Waals surface area (Å²) in [6.45, 7) is 6.28. The monoisotopic (exact) mass is 394 g/mol. The molecule has 0 saturated carbocycles. The van der Waals surface area contributed by atoms with E-state index in [1.165, 1.54) is 5.56 Å². The van der Waals surface area contributed by atoms with E-state index in [0.29, 0.717) is 19.4 Å². The molecule has 3 rings (SSSR count). The molecule has 0 N–H and O–H groups in total. The summed E-state index contributed by atoms with van der Waals surface area (Å²) >= 11 is 0. The minimum Gasteiger partial charge on any atom is -0.464 e. The molecule has 0 spiro atoms. The molecule has 0 radical (unpaired) electrons. The fourth-order valence-corrected chi connectivity index (χ4v) is 4.20. The number of hydrogen-bond donors (Lipinski definition) is 0. The summed E-state index contributed by atoms with van der Waals surface area (Å²) < 4.78 is 5.52. The number of nitrogens with zero attached hydrogens (tertiary/aromatic N) is 2. The summed E-state index contributed by atoms with van der Waals surface area (Å²) in [7, 11) is 0. The van der Waals surface area contributed by atoms with Gasteiger partial charge in [0.05, 0.1) is 6.61 Å². The van der Waals surface area contributed by atoms with Crippen molar-refractivity contribution < 1.29 is 14.3 Å². The van der Waals surface area contributed by atoms with E-state index in [-0.39, 0.29) is 5.97 Å². The van der Waals surface area contributed by atoms with Crippen LogP contribution in [-0.4, -0.2) is 54.8 Å². The molecule has 1 aliphatic heterocycles. The van der Waals surface area contributed by atoms with E-state index in [4.69, 9.17) is 4.74 Å². The lowest BCUT2D eigenvalue weighted by Crippen LogP contribution is -2.59. The largest absolute Gasteiger partial charge is 0.464 e. The molecule has 1 saturated heterocycles. The SMILES string of the molecule is CCOC(=O)C(CCC=O)(c1ccccc1)N1CCN(Cc2ccccc2)CC1. The fourth-order valence-electron chi connectivity index (χ4n) is 4.20. The van der Waals surface area contributed by atoms with Gasteiger partial charge in [-0.3, -0.25) is 9.80 Å². The Morgan fingerprint density at radius 2 is 1.62 bits per heavy atom. The van der Waals surface area contributed by atoms with E-state index >= 15 is 0 Å². The number of carbonyl (C=O) groups excluding carboxylic acids is 2. The van der Waals surface area contributed by atoms with Gasteiger partial charge in [-0.1, -0.05) is 60.7 Å². The standard InChI is InChI=1S/C24H30N2O3/c1-2-29-23(28)24(14-9-19-27,22-12-7-4-8-13-22)26-17-15-25(16-18-26)20-21-10-5-3-6-11-21/h3-8,10-13,19H,2,9,14-18,20H2,1H3. The molecule has 0 amide bonds. The Labute approximate surface area is 173 Å². The second-order valence-electron chi connectivity index (χ2n) is 7.40. The molecule has 1 atom stereocenters. The molecule has 154 valence electrons. The summed E-state index contributed by atoms with van der Waals surface area (Å²) in [6.07, 6.45) is 1.64. The number of esters is 1. The summed E-state index contributed by atoms with van der Waals surface area (Å²) in [5.74, 6) is -0.260. The molecule has 0 aliphatic carbocycles. The summed E-state index contributed by atoms with van der Waals surface area (Å²) in [5.41, 5.74) is 1.27. The van der Waals surface area contributed by atoms with Crippen molar-refractivity contribution in [1.29, 1.82) is 0 Å². The van der Waals surface area contributed by atoms with Gasteiger partial charge in [0.2, 0.25) is 0 Å². The molecule has 5 heteroatoms. The highest BCUT2D eigenvalue weighted by Gasteiger charge is 2.47. The third kappa shape index (κ3) is 4.92. The van der Waals surface area contributed by atoms with Crippen molar-refractivity contribution in [3.63, 3.8) is 0 Å². The molecule has 1 heterocycles. The lowest BCUT2D eigenvalue weighted by atomic mass is 9.83. The highest BCUT2D eigenvalue weighted by Crippen LogP contribution is 2.36. The lowest BCUT2D eigenvalue weighted by molar-refractivity contribution is -0.161. The maximum absolute atomic E-state index is 13.2. The van der Waals surface area contributed by atoms with E-state index in [0.717, 1.165) is 44.6 Å². The molecule has 1 fully saturated rings. The van der Waals surface area contributed by atoms with Crippen LogP contribution in [0.2, 0.25) is 0 Å². The average molecular weight is 395 g/mol. The Morgan fingerprint density at radius 1 is 1.00 bits per heavy atom. The van der Waals surface area contributed by atoms with Crippen LogP contribution in [0.3, 0.4) is 0 Å². The van der Waals surface area contributed by atoms with Gasteiger partial charge in [0.1, 0.15) is 11.8 Å². The Kier molecular flexibility index (Phi) is 7.55. The molecule has 2 aromatic carbocycles. The van der Waals surface area contributed by atoms with Crippen molar-refractivity contribution in [3.05, 3.63) is 71.8 Å². The molecule has 29 heavy (non-hydrogen) atoms. The third-order valence-corrected chi connectivity index (χ3v) is 5.65. The fraction of sp³-hybridized carbons (Fsp3) is 0.417. The van der Waals surface area contributed by atoms with Crippen LogP contribution in [0.1, 0.15) is 30.9 Å². The first-order valence-electron chi connectivity index (χ1n) is 10.4. The van der Waals surface area contributed by atoms with E-state index < -0.39 is 5.54 Å². The van der Waals surface area contributed by atoms with E-state index in [9.17, 15) is 9.59 Å². The number of hydrogen-bond acceptors (Lipinski definition) is 5.